The third-order valence-electron chi connectivity index (χ3n) is 5.94. The summed E-state index contributed by atoms with van der Waals surface area (Å²) in [5.74, 6) is 0. The summed E-state index contributed by atoms with van der Waals surface area (Å²) in [5, 5.41) is 3.06. The van der Waals surface area contributed by atoms with Gasteiger partial charge in [-0.3, -0.25) is 0 Å². The Bertz CT molecular complexity index is 1180. The summed E-state index contributed by atoms with van der Waals surface area (Å²) in [7, 11) is -3.51. The lowest BCUT2D eigenvalue weighted by atomic mass is 10.0. The molecular weight excluding hydrogens is 426 g/mol. The molecule has 164 valence electrons. The number of anilines is 1. The van der Waals surface area contributed by atoms with Crippen molar-refractivity contribution in [3.8, 4) is 11.3 Å². The molecule has 1 aromatic heterocycles. The van der Waals surface area contributed by atoms with Gasteiger partial charge in [-0.15, -0.1) is 11.3 Å². The summed E-state index contributed by atoms with van der Waals surface area (Å²) in [4.78, 5) is 7.54. The molecule has 1 saturated heterocycles. The predicted octanol–water partition coefficient (Wildman–Crippen LogP) is 4.86. The molecule has 1 fully saturated rings. The summed E-state index contributed by atoms with van der Waals surface area (Å²) < 4.78 is 28.3. The molecule has 0 N–H and O–H groups in total. The fourth-order valence-corrected chi connectivity index (χ4v) is 7.27. The van der Waals surface area contributed by atoms with Crippen LogP contribution in [0.4, 0.5) is 5.13 Å². The van der Waals surface area contributed by atoms with Gasteiger partial charge in [0.15, 0.2) is 5.13 Å². The number of nitrogens with zero attached hydrogens (tertiary/aromatic N) is 3. The van der Waals surface area contributed by atoms with E-state index in [0.717, 1.165) is 27.5 Å². The molecule has 0 saturated carbocycles. The second-order valence-corrected chi connectivity index (χ2v) is 11.1. The van der Waals surface area contributed by atoms with Crippen LogP contribution in [0.1, 0.15) is 27.8 Å². The van der Waals surface area contributed by atoms with Crippen LogP contribution in [0.15, 0.2) is 40.6 Å². The standard InChI is InChI=1S/C24H29N3O2S2/c1-16-13-19(4)23(20(5)14-16)31(28,29)27-11-9-26(10-12-27)24-25-21(15-30-24)22-17(2)7-6-8-18(22)3/h6-8,13-15H,9-12H2,1-5H3. The minimum atomic E-state index is -3.51. The number of aryl methyl sites for hydroxylation is 5. The topological polar surface area (TPSA) is 53.5 Å². The lowest BCUT2D eigenvalue weighted by Crippen LogP contribution is -2.48. The Morgan fingerprint density at radius 1 is 0.871 bits per heavy atom. The number of aromatic nitrogens is 1. The highest BCUT2D eigenvalue weighted by Gasteiger charge is 2.31. The molecular formula is C24H29N3O2S2. The fraction of sp³-hybridized carbons (Fsp3) is 0.375. The summed E-state index contributed by atoms with van der Waals surface area (Å²) in [6, 6.07) is 10.2. The maximum Gasteiger partial charge on any atom is 0.243 e. The van der Waals surface area contributed by atoms with E-state index in [0.29, 0.717) is 31.1 Å². The Balaban J connectivity index is 1.52. The van der Waals surface area contributed by atoms with Gasteiger partial charge in [0.2, 0.25) is 10.0 Å². The molecule has 5 nitrogen and oxygen atoms in total. The number of sulfonamides is 1. The maximum absolute atomic E-state index is 13.3. The van der Waals surface area contributed by atoms with Gasteiger partial charge in [-0.2, -0.15) is 4.31 Å². The normalized spacial score (nSPS) is 15.5. The van der Waals surface area contributed by atoms with Gasteiger partial charge in [0.25, 0.3) is 0 Å². The second kappa shape index (κ2) is 8.37. The Morgan fingerprint density at radius 3 is 2.03 bits per heavy atom. The molecule has 4 rings (SSSR count). The highest BCUT2D eigenvalue weighted by Crippen LogP contribution is 2.33. The number of hydrogen-bond donors (Lipinski definition) is 0. The van der Waals surface area contributed by atoms with Gasteiger partial charge in [0, 0.05) is 37.1 Å². The van der Waals surface area contributed by atoms with E-state index in [1.807, 2.05) is 32.9 Å². The van der Waals surface area contributed by atoms with Gasteiger partial charge in [-0.25, -0.2) is 13.4 Å². The zero-order valence-electron chi connectivity index (χ0n) is 18.8. The van der Waals surface area contributed by atoms with Crippen molar-refractivity contribution in [3.05, 3.63) is 63.5 Å². The summed E-state index contributed by atoms with van der Waals surface area (Å²) >= 11 is 1.63. The van der Waals surface area contributed by atoms with Crippen LogP contribution in [-0.4, -0.2) is 43.9 Å². The van der Waals surface area contributed by atoms with Crippen LogP contribution in [0, 0.1) is 34.6 Å². The van der Waals surface area contributed by atoms with Crippen molar-refractivity contribution in [2.24, 2.45) is 0 Å². The Labute approximate surface area is 189 Å². The second-order valence-electron chi connectivity index (χ2n) is 8.40. The van der Waals surface area contributed by atoms with Crippen molar-refractivity contribution in [1.82, 2.24) is 9.29 Å². The summed E-state index contributed by atoms with van der Waals surface area (Å²) in [6.45, 7) is 12.2. The minimum absolute atomic E-state index is 0.457. The Kier molecular flexibility index (Phi) is 5.94. The molecule has 3 aromatic rings. The first-order chi connectivity index (χ1) is 14.7. The largest absolute Gasteiger partial charge is 0.345 e. The minimum Gasteiger partial charge on any atom is -0.345 e. The van der Waals surface area contributed by atoms with E-state index >= 15 is 0 Å². The number of thiazole rings is 1. The van der Waals surface area contributed by atoms with E-state index in [1.54, 1.807) is 15.6 Å². The van der Waals surface area contributed by atoms with E-state index in [4.69, 9.17) is 4.98 Å². The lowest BCUT2D eigenvalue weighted by Gasteiger charge is -2.34. The third kappa shape index (κ3) is 4.14. The first-order valence-corrected chi connectivity index (χ1v) is 12.9. The van der Waals surface area contributed by atoms with Crippen molar-refractivity contribution in [2.75, 3.05) is 31.1 Å². The molecule has 0 spiro atoms. The van der Waals surface area contributed by atoms with E-state index in [1.165, 1.54) is 16.7 Å². The predicted molar refractivity (Wildman–Crippen MR) is 129 cm³/mol. The van der Waals surface area contributed by atoms with Crippen molar-refractivity contribution >= 4 is 26.5 Å². The Hall–Kier alpha value is -2.22. The molecule has 0 bridgehead atoms. The van der Waals surface area contributed by atoms with Crippen molar-refractivity contribution in [3.63, 3.8) is 0 Å². The summed E-state index contributed by atoms with van der Waals surface area (Å²) in [6.07, 6.45) is 0. The van der Waals surface area contributed by atoms with Crippen LogP contribution in [0.25, 0.3) is 11.3 Å². The van der Waals surface area contributed by atoms with Crippen LogP contribution in [-0.2, 0) is 10.0 Å². The molecule has 1 aliphatic rings. The molecule has 31 heavy (non-hydrogen) atoms. The zero-order chi connectivity index (χ0) is 22.3. The zero-order valence-corrected chi connectivity index (χ0v) is 20.4. The van der Waals surface area contributed by atoms with Crippen LogP contribution in [0.3, 0.4) is 0 Å². The molecule has 0 radical (unpaired) electrons. The van der Waals surface area contributed by atoms with E-state index in [-0.39, 0.29) is 0 Å². The van der Waals surface area contributed by atoms with E-state index in [9.17, 15) is 8.42 Å². The molecule has 0 amide bonds. The van der Waals surface area contributed by atoms with Gasteiger partial charge in [0.1, 0.15) is 0 Å². The Morgan fingerprint density at radius 2 is 1.45 bits per heavy atom. The van der Waals surface area contributed by atoms with Crippen LogP contribution in [0.5, 0.6) is 0 Å². The molecule has 0 unspecified atom stereocenters. The van der Waals surface area contributed by atoms with Crippen molar-refractivity contribution < 1.29 is 8.42 Å². The first kappa shape index (κ1) is 22.0. The SMILES string of the molecule is Cc1cc(C)c(S(=O)(=O)N2CCN(c3nc(-c4c(C)cccc4C)cs3)CC2)c(C)c1. The maximum atomic E-state index is 13.3. The van der Waals surface area contributed by atoms with Crippen LogP contribution in [0.2, 0.25) is 0 Å². The third-order valence-corrected chi connectivity index (χ3v) is 9.05. The average molecular weight is 456 g/mol. The smallest absolute Gasteiger partial charge is 0.243 e. The summed E-state index contributed by atoms with van der Waals surface area (Å²) in [5.41, 5.74) is 7.35. The molecule has 2 aromatic carbocycles. The van der Waals surface area contributed by atoms with E-state index in [2.05, 4.69) is 42.3 Å². The van der Waals surface area contributed by atoms with E-state index < -0.39 is 10.0 Å². The number of rotatable bonds is 4. The monoisotopic (exact) mass is 455 g/mol. The first-order valence-electron chi connectivity index (χ1n) is 10.5. The highest BCUT2D eigenvalue weighted by atomic mass is 32.2. The molecule has 7 heteroatoms. The highest BCUT2D eigenvalue weighted by molar-refractivity contribution is 7.89. The average Bonchev–Trinajstić information content (AvgIpc) is 3.16. The molecule has 2 heterocycles. The number of benzene rings is 2. The van der Waals surface area contributed by atoms with Gasteiger partial charge in [-0.05, 0) is 56.9 Å². The lowest BCUT2D eigenvalue weighted by molar-refractivity contribution is 0.384. The van der Waals surface area contributed by atoms with Crippen LogP contribution < -0.4 is 4.90 Å². The molecule has 0 atom stereocenters. The van der Waals surface area contributed by atoms with Crippen LogP contribution >= 0.6 is 11.3 Å². The number of hydrogen-bond acceptors (Lipinski definition) is 5. The molecule has 0 aliphatic carbocycles. The van der Waals surface area contributed by atoms with Crippen molar-refractivity contribution in [1.29, 1.82) is 0 Å². The number of piperazine rings is 1. The fourth-order valence-electron chi connectivity index (χ4n) is 4.57. The van der Waals surface area contributed by atoms with Crippen molar-refractivity contribution in [2.45, 2.75) is 39.5 Å². The van der Waals surface area contributed by atoms with Gasteiger partial charge in [-0.1, -0.05) is 35.9 Å². The quantitative estimate of drug-likeness (QED) is 0.564. The van der Waals surface area contributed by atoms with Gasteiger partial charge in [0.05, 0.1) is 10.6 Å². The van der Waals surface area contributed by atoms with Gasteiger partial charge >= 0.3 is 0 Å². The molecule has 1 aliphatic heterocycles. The van der Waals surface area contributed by atoms with Gasteiger partial charge < -0.3 is 4.90 Å².